The molecule has 168 valence electrons. The summed E-state index contributed by atoms with van der Waals surface area (Å²) in [5.41, 5.74) is -0.266. The SMILES string of the molecule is O=C1C(=O)N(c2cccc(C(F)(F)F)c2)C(c2ccco2)/C1=C(/O)c1ccc2c(c1)CCO2. The van der Waals surface area contributed by atoms with E-state index in [1.54, 1.807) is 18.2 Å². The number of hydrogen-bond acceptors (Lipinski definition) is 5. The van der Waals surface area contributed by atoms with Crippen LogP contribution in [0.5, 0.6) is 5.75 Å². The van der Waals surface area contributed by atoms with Crippen LogP contribution in [0.2, 0.25) is 0 Å². The summed E-state index contributed by atoms with van der Waals surface area (Å²) < 4.78 is 50.7. The number of benzene rings is 2. The number of halogens is 3. The van der Waals surface area contributed by atoms with Crippen LogP contribution >= 0.6 is 0 Å². The first-order chi connectivity index (χ1) is 15.8. The summed E-state index contributed by atoms with van der Waals surface area (Å²) in [5, 5.41) is 11.1. The van der Waals surface area contributed by atoms with Gasteiger partial charge in [-0.1, -0.05) is 6.07 Å². The van der Waals surface area contributed by atoms with Gasteiger partial charge in [-0.25, -0.2) is 0 Å². The van der Waals surface area contributed by atoms with Gasteiger partial charge in [0.2, 0.25) is 0 Å². The second-order valence-corrected chi connectivity index (χ2v) is 7.65. The summed E-state index contributed by atoms with van der Waals surface area (Å²) in [6, 6.07) is 10.7. The third kappa shape index (κ3) is 3.45. The summed E-state index contributed by atoms with van der Waals surface area (Å²) in [4.78, 5) is 26.9. The molecule has 33 heavy (non-hydrogen) atoms. The van der Waals surface area contributed by atoms with Crippen molar-refractivity contribution in [1.29, 1.82) is 0 Å². The molecule has 0 radical (unpaired) electrons. The maximum Gasteiger partial charge on any atom is 0.416 e. The summed E-state index contributed by atoms with van der Waals surface area (Å²) in [6.45, 7) is 0.492. The number of ether oxygens (including phenoxy) is 1. The molecule has 1 N–H and O–H groups in total. The number of hydrogen-bond donors (Lipinski definition) is 1. The average Bonchev–Trinajstić information content (AvgIpc) is 3.53. The highest BCUT2D eigenvalue weighted by molar-refractivity contribution is 6.51. The Hall–Kier alpha value is -4.01. The lowest BCUT2D eigenvalue weighted by molar-refractivity contribution is -0.137. The Labute approximate surface area is 185 Å². The topological polar surface area (TPSA) is 80.0 Å². The van der Waals surface area contributed by atoms with Crippen molar-refractivity contribution in [2.75, 3.05) is 11.5 Å². The van der Waals surface area contributed by atoms with Crippen LogP contribution in [0.1, 0.15) is 28.5 Å². The van der Waals surface area contributed by atoms with E-state index in [1.165, 1.54) is 24.5 Å². The summed E-state index contributed by atoms with van der Waals surface area (Å²) >= 11 is 0. The van der Waals surface area contributed by atoms with Crippen molar-refractivity contribution < 1.29 is 37.0 Å². The lowest BCUT2D eigenvalue weighted by Crippen LogP contribution is -2.29. The van der Waals surface area contributed by atoms with E-state index in [-0.39, 0.29) is 22.6 Å². The minimum atomic E-state index is -4.64. The molecular weight excluding hydrogens is 439 g/mol. The highest BCUT2D eigenvalue weighted by Crippen LogP contribution is 2.44. The molecule has 1 amide bonds. The lowest BCUT2D eigenvalue weighted by atomic mass is 9.97. The Bertz CT molecular complexity index is 1290. The zero-order valence-electron chi connectivity index (χ0n) is 16.9. The summed E-state index contributed by atoms with van der Waals surface area (Å²) in [6.07, 6.45) is -2.71. The molecule has 1 atom stereocenters. The molecule has 1 fully saturated rings. The van der Waals surface area contributed by atoms with Crippen molar-refractivity contribution in [2.45, 2.75) is 18.6 Å². The third-order valence-corrected chi connectivity index (χ3v) is 5.67. The van der Waals surface area contributed by atoms with Crippen molar-refractivity contribution >= 4 is 23.1 Å². The molecule has 6 nitrogen and oxygen atoms in total. The van der Waals surface area contributed by atoms with Crippen LogP contribution < -0.4 is 9.64 Å². The molecule has 0 spiro atoms. The number of anilines is 1. The standard InChI is InChI=1S/C24H16F3NO5/c25-24(26,27)15-3-1-4-16(12-15)28-20(18-5-2-9-32-18)19(22(30)23(28)31)21(29)14-6-7-17-13(11-14)8-10-33-17/h1-7,9,11-12,20,29H,8,10H2/b21-19-. The maximum absolute atomic E-state index is 13.3. The van der Waals surface area contributed by atoms with Crippen molar-refractivity contribution in [1.82, 2.24) is 0 Å². The van der Waals surface area contributed by atoms with Crippen molar-refractivity contribution in [3.63, 3.8) is 0 Å². The Kier molecular flexibility index (Phi) is 4.77. The van der Waals surface area contributed by atoms with Crippen LogP contribution in [-0.2, 0) is 22.2 Å². The Morgan fingerprint density at radius 2 is 1.88 bits per heavy atom. The van der Waals surface area contributed by atoms with Crippen LogP contribution in [0, 0.1) is 0 Å². The van der Waals surface area contributed by atoms with Gasteiger partial charge in [-0.05, 0) is 54.1 Å². The Balaban J connectivity index is 1.67. The molecule has 9 heteroatoms. The molecule has 0 aliphatic carbocycles. The molecule has 5 rings (SSSR count). The summed E-state index contributed by atoms with van der Waals surface area (Å²) in [7, 11) is 0. The average molecular weight is 455 g/mol. The number of ketones is 1. The van der Waals surface area contributed by atoms with E-state index in [2.05, 4.69) is 0 Å². The number of nitrogens with zero attached hydrogens (tertiary/aromatic N) is 1. The Morgan fingerprint density at radius 1 is 1.06 bits per heavy atom. The minimum Gasteiger partial charge on any atom is -0.507 e. The number of alkyl halides is 3. The number of amides is 1. The monoisotopic (exact) mass is 455 g/mol. The van der Waals surface area contributed by atoms with Crippen LogP contribution in [0.4, 0.5) is 18.9 Å². The van der Waals surface area contributed by atoms with E-state index in [1.807, 2.05) is 0 Å². The maximum atomic E-state index is 13.3. The molecule has 3 aromatic rings. The van der Waals surface area contributed by atoms with Gasteiger partial charge in [-0.3, -0.25) is 14.5 Å². The quantitative estimate of drug-likeness (QED) is 0.347. The van der Waals surface area contributed by atoms with Crippen LogP contribution in [-0.4, -0.2) is 23.4 Å². The predicted molar refractivity (Wildman–Crippen MR) is 111 cm³/mol. The van der Waals surface area contributed by atoms with E-state index in [9.17, 15) is 27.9 Å². The zero-order valence-corrected chi connectivity index (χ0v) is 16.9. The number of carbonyl (C=O) groups is 2. The first-order valence-electron chi connectivity index (χ1n) is 10.0. The van der Waals surface area contributed by atoms with Gasteiger partial charge in [0.25, 0.3) is 11.7 Å². The molecule has 1 saturated heterocycles. The first-order valence-corrected chi connectivity index (χ1v) is 10.0. The van der Waals surface area contributed by atoms with Crippen LogP contribution in [0.3, 0.4) is 0 Å². The number of aliphatic hydroxyl groups is 1. The predicted octanol–water partition coefficient (Wildman–Crippen LogP) is 4.86. The van der Waals surface area contributed by atoms with E-state index in [0.717, 1.165) is 28.7 Å². The van der Waals surface area contributed by atoms with Gasteiger partial charge in [0, 0.05) is 17.7 Å². The van der Waals surface area contributed by atoms with Gasteiger partial charge in [-0.2, -0.15) is 13.2 Å². The molecular formula is C24H16F3NO5. The third-order valence-electron chi connectivity index (χ3n) is 5.67. The smallest absolute Gasteiger partial charge is 0.416 e. The number of furan rings is 1. The Morgan fingerprint density at radius 3 is 2.61 bits per heavy atom. The van der Waals surface area contributed by atoms with Crippen LogP contribution in [0.25, 0.3) is 5.76 Å². The number of aliphatic hydroxyl groups excluding tert-OH is 1. The molecule has 1 unspecified atom stereocenters. The number of rotatable bonds is 3. The second kappa shape index (κ2) is 7.54. The minimum absolute atomic E-state index is 0.123. The second-order valence-electron chi connectivity index (χ2n) is 7.65. The fourth-order valence-corrected chi connectivity index (χ4v) is 4.14. The van der Waals surface area contributed by atoms with E-state index in [0.29, 0.717) is 18.8 Å². The molecule has 0 bridgehead atoms. The first kappa shape index (κ1) is 20.9. The van der Waals surface area contributed by atoms with Crippen molar-refractivity contribution in [3.05, 3.63) is 88.9 Å². The normalized spacial score (nSPS) is 19.6. The molecule has 0 saturated carbocycles. The van der Waals surface area contributed by atoms with Gasteiger partial charge in [0.15, 0.2) is 0 Å². The molecule has 2 aliphatic heterocycles. The fraction of sp³-hybridized carbons (Fsp3) is 0.167. The van der Waals surface area contributed by atoms with Gasteiger partial charge < -0.3 is 14.3 Å². The number of carbonyl (C=O) groups excluding carboxylic acids is 2. The van der Waals surface area contributed by atoms with Gasteiger partial charge in [0.1, 0.15) is 23.3 Å². The largest absolute Gasteiger partial charge is 0.507 e. The highest BCUT2D eigenvalue weighted by atomic mass is 19.4. The van der Waals surface area contributed by atoms with Gasteiger partial charge in [0.05, 0.1) is 24.0 Å². The number of fused-ring (bicyclic) bond motifs is 1. The number of Topliss-reactive ketones (excluding diaryl/α,β-unsaturated/α-hetero) is 1. The molecule has 1 aromatic heterocycles. The van der Waals surface area contributed by atoms with Crippen LogP contribution in [0.15, 0.2) is 70.9 Å². The van der Waals surface area contributed by atoms with Gasteiger partial charge >= 0.3 is 6.18 Å². The highest BCUT2D eigenvalue weighted by Gasteiger charge is 2.48. The summed E-state index contributed by atoms with van der Waals surface area (Å²) in [5.74, 6) is -1.75. The van der Waals surface area contributed by atoms with E-state index in [4.69, 9.17) is 9.15 Å². The molecule has 2 aromatic carbocycles. The van der Waals surface area contributed by atoms with E-state index < -0.39 is 35.2 Å². The fourth-order valence-electron chi connectivity index (χ4n) is 4.14. The van der Waals surface area contributed by atoms with Gasteiger partial charge in [-0.15, -0.1) is 0 Å². The zero-order chi connectivity index (χ0) is 23.3. The van der Waals surface area contributed by atoms with E-state index >= 15 is 0 Å². The van der Waals surface area contributed by atoms with Crippen molar-refractivity contribution in [3.8, 4) is 5.75 Å². The van der Waals surface area contributed by atoms with Crippen molar-refractivity contribution in [2.24, 2.45) is 0 Å². The molecule has 3 heterocycles. The lowest BCUT2D eigenvalue weighted by Gasteiger charge is -2.24. The molecule has 2 aliphatic rings.